The van der Waals surface area contributed by atoms with Crippen LogP contribution in [-0.4, -0.2) is 64.8 Å². The van der Waals surface area contributed by atoms with Gasteiger partial charge in [0.15, 0.2) is 5.65 Å². The van der Waals surface area contributed by atoms with Crippen molar-refractivity contribution in [3.8, 4) is 0 Å². The zero-order valence-electron chi connectivity index (χ0n) is 11.8. The molecule has 6 heteroatoms. The fourth-order valence-corrected chi connectivity index (χ4v) is 3.06. The van der Waals surface area contributed by atoms with Crippen LogP contribution in [0.3, 0.4) is 0 Å². The van der Waals surface area contributed by atoms with Crippen molar-refractivity contribution in [3.63, 3.8) is 0 Å². The molecule has 0 unspecified atom stereocenters. The molecule has 106 valence electrons. The first-order chi connectivity index (χ1) is 9.81. The van der Waals surface area contributed by atoms with E-state index in [1.165, 1.54) is 5.56 Å². The summed E-state index contributed by atoms with van der Waals surface area (Å²) in [6.07, 6.45) is 1.96. The molecule has 6 nitrogen and oxygen atoms in total. The lowest BCUT2D eigenvalue weighted by Crippen LogP contribution is -2.63. The minimum absolute atomic E-state index is 0.671. The van der Waals surface area contributed by atoms with Gasteiger partial charge < -0.3 is 10.2 Å². The minimum atomic E-state index is 0.671. The Bertz CT molecular complexity index is 609. The summed E-state index contributed by atoms with van der Waals surface area (Å²) in [7, 11) is 0. The molecule has 1 N–H and O–H groups in total. The highest BCUT2D eigenvalue weighted by molar-refractivity contribution is 5.51. The van der Waals surface area contributed by atoms with Gasteiger partial charge in [0, 0.05) is 51.5 Å². The van der Waals surface area contributed by atoms with Crippen LogP contribution in [0.2, 0.25) is 0 Å². The van der Waals surface area contributed by atoms with Crippen LogP contribution in [0, 0.1) is 6.92 Å². The average Bonchev–Trinajstić information content (AvgIpc) is 2.83. The number of rotatable bonds is 2. The summed E-state index contributed by atoms with van der Waals surface area (Å²) in [5, 5.41) is 7.98. The number of anilines is 1. The number of nitrogens with one attached hydrogen (secondary N) is 1. The molecule has 2 saturated heterocycles. The minimum Gasteiger partial charge on any atom is -0.336 e. The first-order valence-corrected chi connectivity index (χ1v) is 7.33. The van der Waals surface area contributed by atoms with Gasteiger partial charge in [-0.2, -0.15) is 4.98 Å². The maximum atomic E-state index is 4.66. The normalized spacial score (nSPS) is 21.4. The van der Waals surface area contributed by atoms with E-state index in [1.807, 2.05) is 16.8 Å². The molecule has 0 aromatic carbocycles. The number of pyridine rings is 1. The standard InChI is InChI=1S/C14H20N6/c1-11-3-2-6-20-13(11)16-14(17-20)19-9-12(10-19)18-7-4-15-5-8-18/h2-3,6,12,15H,4-5,7-10H2,1H3. The number of aryl methyl sites for hydroxylation is 1. The predicted octanol–water partition coefficient (Wildman–Crippen LogP) is 0.132. The molecular formula is C14H20N6. The fraction of sp³-hybridized carbons (Fsp3) is 0.571. The lowest BCUT2D eigenvalue weighted by atomic mass is 10.1. The van der Waals surface area contributed by atoms with E-state index in [-0.39, 0.29) is 0 Å². The second kappa shape index (κ2) is 4.71. The summed E-state index contributed by atoms with van der Waals surface area (Å²) >= 11 is 0. The number of aromatic nitrogens is 3. The van der Waals surface area contributed by atoms with E-state index in [2.05, 4.69) is 38.2 Å². The van der Waals surface area contributed by atoms with Crippen LogP contribution in [0.5, 0.6) is 0 Å². The third kappa shape index (κ3) is 1.96. The van der Waals surface area contributed by atoms with E-state index in [4.69, 9.17) is 0 Å². The maximum absolute atomic E-state index is 4.66. The molecule has 2 aromatic rings. The lowest BCUT2D eigenvalue weighted by Gasteiger charge is -2.46. The summed E-state index contributed by atoms with van der Waals surface area (Å²) < 4.78 is 1.88. The first-order valence-electron chi connectivity index (χ1n) is 7.33. The zero-order valence-corrected chi connectivity index (χ0v) is 11.8. The maximum Gasteiger partial charge on any atom is 0.245 e. The highest BCUT2D eigenvalue weighted by Crippen LogP contribution is 2.22. The third-order valence-corrected chi connectivity index (χ3v) is 4.36. The Morgan fingerprint density at radius 2 is 2.05 bits per heavy atom. The summed E-state index contributed by atoms with van der Waals surface area (Å²) in [6, 6.07) is 4.76. The van der Waals surface area contributed by atoms with Crippen molar-refractivity contribution in [2.75, 3.05) is 44.2 Å². The van der Waals surface area contributed by atoms with E-state index in [9.17, 15) is 0 Å². The van der Waals surface area contributed by atoms with E-state index in [1.54, 1.807) is 0 Å². The zero-order chi connectivity index (χ0) is 13.5. The molecule has 2 aliphatic heterocycles. The van der Waals surface area contributed by atoms with E-state index in [0.29, 0.717) is 6.04 Å². The fourth-order valence-electron chi connectivity index (χ4n) is 3.06. The molecule has 0 radical (unpaired) electrons. The Labute approximate surface area is 118 Å². The van der Waals surface area contributed by atoms with Gasteiger partial charge in [-0.05, 0) is 18.6 Å². The molecular weight excluding hydrogens is 252 g/mol. The van der Waals surface area contributed by atoms with Crippen LogP contribution in [0.1, 0.15) is 5.56 Å². The Morgan fingerprint density at radius 3 is 2.80 bits per heavy atom. The smallest absolute Gasteiger partial charge is 0.245 e. The van der Waals surface area contributed by atoms with Crippen LogP contribution in [0.25, 0.3) is 5.65 Å². The predicted molar refractivity (Wildman–Crippen MR) is 78.2 cm³/mol. The molecule has 0 amide bonds. The molecule has 4 rings (SSSR count). The van der Waals surface area contributed by atoms with Gasteiger partial charge >= 0.3 is 0 Å². The summed E-state index contributed by atoms with van der Waals surface area (Å²) in [4.78, 5) is 9.52. The molecule has 2 aliphatic rings. The first kappa shape index (κ1) is 12.1. The summed E-state index contributed by atoms with van der Waals surface area (Å²) in [5.74, 6) is 0.866. The van der Waals surface area contributed by atoms with Gasteiger partial charge in [0.2, 0.25) is 5.95 Å². The van der Waals surface area contributed by atoms with Crippen molar-refractivity contribution in [1.29, 1.82) is 0 Å². The molecule has 0 bridgehead atoms. The number of hydrogen-bond donors (Lipinski definition) is 1. The quantitative estimate of drug-likeness (QED) is 0.842. The van der Waals surface area contributed by atoms with Crippen molar-refractivity contribution in [1.82, 2.24) is 24.8 Å². The average molecular weight is 272 g/mol. The van der Waals surface area contributed by atoms with Gasteiger partial charge in [-0.3, -0.25) is 4.90 Å². The lowest BCUT2D eigenvalue weighted by molar-refractivity contribution is 0.146. The van der Waals surface area contributed by atoms with Gasteiger partial charge in [0.25, 0.3) is 0 Å². The van der Waals surface area contributed by atoms with Gasteiger partial charge in [-0.15, -0.1) is 5.10 Å². The Balaban J connectivity index is 1.47. The van der Waals surface area contributed by atoms with Gasteiger partial charge in [-0.1, -0.05) is 6.07 Å². The van der Waals surface area contributed by atoms with Crippen LogP contribution in [0.4, 0.5) is 5.95 Å². The van der Waals surface area contributed by atoms with Crippen LogP contribution < -0.4 is 10.2 Å². The Morgan fingerprint density at radius 1 is 1.25 bits per heavy atom. The largest absolute Gasteiger partial charge is 0.336 e. The van der Waals surface area contributed by atoms with E-state index >= 15 is 0 Å². The molecule has 2 fully saturated rings. The van der Waals surface area contributed by atoms with Crippen LogP contribution in [-0.2, 0) is 0 Å². The number of piperazine rings is 1. The van der Waals surface area contributed by atoms with Gasteiger partial charge in [-0.25, -0.2) is 4.52 Å². The molecule has 4 heterocycles. The van der Waals surface area contributed by atoms with Crippen molar-refractivity contribution in [2.45, 2.75) is 13.0 Å². The van der Waals surface area contributed by atoms with Crippen molar-refractivity contribution in [3.05, 3.63) is 23.9 Å². The monoisotopic (exact) mass is 272 g/mol. The van der Waals surface area contributed by atoms with E-state index in [0.717, 1.165) is 50.9 Å². The highest BCUT2D eigenvalue weighted by atomic mass is 15.4. The number of fused-ring (bicyclic) bond motifs is 1. The molecule has 0 spiro atoms. The van der Waals surface area contributed by atoms with Gasteiger partial charge in [0.05, 0.1) is 0 Å². The highest BCUT2D eigenvalue weighted by Gasteiger charge is 2.34. The van der Waals surface area contributed by atoms with Gasteiger partial charge in [0.1, 0.15) is 0 Å². The second-order valence-corrected chi connectivity index (χ2v) is 5.72. The van der Waals surface area contributed by atoms with Crippen molar-refractivity contribution < 1.29 is 0 Å². The molecule has 2 aromatic heterocycles. The van der Waals surface area contributed by atoms with Crippen molar-refractivity contribution >= 4 is 11.6 Å². The molecule has 0 saturated carbocycles. The van der Waals surface area contributed by atoms with Crippen LogP contribution >= 0.6 is 0 Å². The molecule has 0 aliphatic carbocycles. The SMILES string of the molecule is Cc1cccn2nc(N3CC(N4CCNCC4)C3)nc12. The van der Waals surface area contributed by atoms with E-state index < -0.39 is 0 Å². The Kier molecular flexibility index (Phi) is 2.85. The molecule has 20 heavy (non-hydrogen) atoms. The van der Waals surface area contributed by atoms with Crippen molar-refractivity contribution in [2.24, 2.45) is 0 Å². The molecule has 0 atom stereocenters. The number of nitrogens with zero attached hydrogens (tertiary/aromatic N) is 5. The van der Waals surface area contributed by atoms with Crippen LogP contribution in [0.15, 0.2) is 18.3 Å². The second-order valence-electron chi connectivity index (χ2n) is 5.72. The third-order valence-electron chi connectivity index (χ3n) is 4.36. The topological polar surface area (TPSA) is 48.7 Å². The Hall–Kier alpha value is -1.66. The summed E-state index contributed by atoms with van der Waals surface area (Å²) in [5.41, 5.74) is 2.14. The number of hydrogen-bond acceptors (Lipinski definition) is 5. The summed E-state index contributed by atoms with van der Waals surface area (Å²) in [6.45, 7) is 8.73.